The third-order valence-electron chi connectivity index (χ3n) is 1.29. The molecule has 0 aromatic heterocycles. The summed E-state index contributed by atoms with van der Waals surface area (Å²) in [5.41, 5.74) is 0. The van der Waals surface area contributed by atoms with Crippen LogP contribution >= 0.6 is 0 Å². The van der Waals surface area contributed by atoms with E-state index in [2.05, 4.69) is 23.6 Å². The van der Waals surface area contributed by atoms with E-state index in [1.54, 1.807) is 13.2 Å². The first-order valence-corrected chi connectivity index (χ1v) is 5.60. The van der Waals surface area contributed by atoms with Gasteiger partial charge in [0.25, 0.3) is 0 Å². The highest BCUT2D eigenvalue weighted by Crippen LogP contribution is 1.89. The molecule has 0 aliphatic heterocycles. The highest BCUT2D eigenvalue weighted by molar-refractivity contribution is 5.45. The van der Waals surface area contributed by atoms with E-state index in [0.717, 1.165) is 19.4 Å². The molecule has 0 fully saturated rings. The van der Waals surface area contributed by atoms with E-state index >= 15 is 0 Å². The summed E-state index contributed by atoms with van der Waals surface area (Å²) in [4.78, 5) is 9.66. The number of carbonyl (C=O) groups excluding carboxylic acids is 1. The molecule has 3 nitrogen and oxygen atoms in total. The summed E-state index contributed by atoms with van der Waals surface area (Å²) in [6.07, 6.45) is 5.98. The Morgan fingerprint density at radius 3 is 2.20 bits per heavy atom. The minimum absolute atomic E-state index is 0.653. The van der Waals surface area contributed by atoms with E-state index < -0.39 is 0 Å². The maximum absolute atomic E-state index is 9.66. The lowest BCUT2D eigenvalue weighted by atomic mass is 10.2. The van der Waals surface area contributed by atoms with E-state index in [0.29, 0.717) is 6.61 Å². The molecular formula is C12H27NO2. The summed E-state index contributed by atoms with van der Waals surface area (Å²) in [5, 5.41) is 2.60. The number of hydrogen-bond donors (Lipinski definition) is 1. The maximum atomic E-state index is 9.66. The number of amides is 1. The summed E-state index contributed by atoms with van der Waals surface area (Å²) < 4.78 is 4.57. The van der Waals surface area contributed by atoms with Gasteiger partial charge in [-0.15, -0.1) is 6.58 Å². The Labute approximate surface area is 94.9 Å². The van der Waals surface area contributed by atoms with Crippen molar-refractivity contribution >= 4 is 6.41 Å². The summed E-state index contributed by atoms with van der Waals surface area (Å²) in [7, 11) is 1.64. The second kappa shape index (κ2) is 29.2. The van der Waals surface area contributed by atoms with Crippen molar-refractivity contribution in [2.24, 2.45) is 0 Å². The number of methoxy groups -OCH3 is 1. The molecule has 0 aliphatic rings. The van der Waals surface area contributed by atoms with Gasteiger partial charge in [0.2, 0.25) is 6.41 Å². The third kappa shape index (κ3) is 43.2. The lowest BCUT2D eigenvalue weighted by Crippen LogP contribution is -2.11. The fourth-order valence-corrected chi connectivity index (χ4v) is 0.654. The molecule has 1 amide bonds. The minimum atomic E-state index is 0.653. The smallest absolute Gasteiger partial charge is 0.207 e. The molecule has 1 N–H and O–H groups in total. The number of ether oxygens (including phenoxy) is 1. The van der Waals surface area contributed by atoms with Gasteiger partial charge in [0, 0.05) is 13.7 Å². The van der Waals surface area contributed by atoms with Crippen molar-refractivity contribution in [1.29, 1.82) is 0 Å². The molecule has 0 rings (SSSR count). The number of unbranched alkanes of at least 4 members (excludes halogenated alkanes) is 2. The molecule has 0 atom stereocenters. The van der Waals surface area contributed by atoms with E-state index in [4.69, 9.17) is 0 Å². The fraction of sp³-hybridized carbons (Fsp3) is 0.750. The first-order chi connectivity index (χ1) is 7.33. The molecule has 0 aromatic carbocycles. The highest BCUT2D eigenvalue weighted by Gasteiger charge is 1.81. The Morgan fingerprint density at radius 2 is 1.93 bits per heavy atom. The number of hydrogen-bond acceptors (Lipinski definition) is 2. The molecule has 0 saturated carbocycles. The van der Waals surface area contributed by atoms with Crippen molar-refractivity contribution < 1.29 is 9.53 Å². The predicted molar refractivity (Wildman–Crippen MR) is 67.0 cm³/mol. The first kappa shape index (κ1) is 19.7. The highest BCUT2D eigenvalue weighted by atomic mass is 16.5. The lowest BCUT2D eigenvalue weighted by molar-refractivity contribution is -0.109. The van der Waals surface area contributed by atoms with Gasteiger partial charge < -0.3 is 10.1 Å². The molecular weight excluding hydrogens is 190 g/mol. The molecule has 0 aromatic rings. The standard InChI is InChI=1S/C6H13NO.C4H8O.C2H6/c1-2-3-4-5-7-6-8;1-3-4-5-2;1-2/h6H,2-5H2,1H3,(H,7,8);3H,1,4H2,2H3;1-2H3. The quantitative estimate of drug-likeness (QED) is 0.404. The van der Waals surface area contributed by atoms with Crippen molar-refractivity contribution in [2.45, 2.75) is 40.0 Å². The van der Waals surface area contributed by atoms with Crippen LogP contribution in [0.5, 0.6) is 0 Å². The van der Waals surface area contributed by atoms with E-state index in [1.165, 1.54) is 12.8 Å². The Kier molecular flexibility index (Phi) is 38.4. The first-order valence-electron chi connectivity index (χ1n) is 5.60. The monoisotopic (exact) mass is 217 g/mol. The summed E-state index contributed by atoms with van der Waals surface area (Å²) in [6.45, 7) is 11.0. The molecule has 92 valence electrons. The predicted octanol–water partition coefficient (Wildman–Crippen LogP) is 2.77. The van der Waals surface area contributed by atoms with E-state index in [-0.39, 0.29) is 0 Å². The van der Waals surface area contributed by atoms with Crippen LogP contribution < -0.4 is 5.32 Å². The second-order valence-electron chi connectivity index (χ2n) is 2.52. The van der Waals surface area contributed by atoms with Crippen LogP contribution in [-0.2, 0) is 9.53 Å². The van der Waals surface area contributed by atoms with Crippen molar-refractivity contribution in [2.75, 3.05) is 20.3 Å². The fourth-order valence-electron chi connectivity index (χ4n) is 0.654. The zero-order valence-electron chi connectivity index (χ0n) is 10.7. The molecule has 0 unspecified atom stereocenters. The van der Waals surface area contributed by atoms with Crippen LogP contribution in [0, 0.1) is 0 Å². The summed E-state index contributed by atoms with van der Waals surface area (Å²) >= 11 is 0. The summed E-state index contributed by atoms with van der Waals surface area (Å²) in [5.74, 6) is 0. The van der Waals surface area contributed by atoms with Crippen molar-refractivity contribution in [1.82, 2.24) is 5.32 Å². The minimum Gasteiger partial charge on any atom is -0.381 e. The number of carbonyl (C=O) groups is 1. The SMILES string of the molecule is C=CCOC.CC.CCCCCNC=O. The van der Waals surface area contributed by atoms with E-state index in [9.17, 15) is 4.79 Å². The molecule has 0 heterocycles. The van der Waals surface area contributed by atoms with Crippen LogP contribution in [-0.4, -0.2) is 26.7 Å². The van der Waals surface area contributed by atoms with Gasteiger partial charge in [-0.25, -0.2) is 0 Å². The van der Waals surface area contributed by atoms with Gasteiger partial charge in [0.1, 0.15) is 0 Å². The van der Waals surface area contributed by atoms with Crippen LogP contribution in [0.2, 0.25) is 0 Å². The van der Waals surface area contributed by atoms with Gasteiger partial charge in [0.05, 0.1) is 6.61 Å². The largest absolute Gasteiger partial charge is 0.381 e. The number of rotatable bonds is 7. The molecule has 0 bridgehead atoms. The van der Waals surface area contributed by atoms with Gasteiger partial charge in [-0.05, 0) is 6.42 Å². The lowest BCUT2D eigenvalue weighted by Gasteiger charge is -1.93. The Balaban J connectivity index is -0.000000177. The van der Waals surface area contributed by atoms with Gasteiger partial charge in [-0.2, -0.15) is 0 Å². The molecule has 0 spiro atoms. The van der Waals surface area contributed by atoms with Crippen LogP contribution in [0.4, 0.5) is 0 Å². The molecule has 0 aliphatic carbocycles. The second-order valence-corrected chi connectivity index (χ2v) is 2.52. The Hall–Kier alpha value is -0.830. The summed E-state index contributed by atoms with van der Waals surface area (Å²) in [6, 6.07) is 0. The third-order valence-corrected chi connectivity index (χ3v) is 1.29. The van der Waals surface area contributed by atoms with Gasteiger partial charge in [-0.3, -0.25) is 4.79 Å². The zero-order valence-corrected chi connectivity index (χ0v) is 10.7. The van der Waals surface area contributed by atoms with Gasteiger partial charge in [-0.1, -0.05) is 39.7 Å². The van der Waals surface area contributed by atoms with Crippen molar-refractivity contribution in [3.05, 3.63) is 12.7 Å². The van der Waals surface area contributed by atoms with Gasteiger partial charge in [0.15, 0.2) is 0 Å². The Morgan fingerprint density at radius 1 is 1.33 bits per heavy atom. The van der Waals surface area contributed by atoms with Crippen LogP contribution in [0.3, 0.4) is 0 Å². The molecule has 0 radical (unpaired) electrons. The maximum Gasteiger partial charge on any atom is 0.207 e. The average Bonchev–Trinajstić information content (AvgIpc) is 2.29. The average molecular weight is 217 g/mol. The van der Waals surface area contributed by atoms with Gasteiger partial charge >= 0.3 is 0 Å². The zero-order chi connectivity index (χ0) is 12.4. The van der Waals surface area contributed by atoms with Crippen LogP contribution in [0.25, 0.3) is 0 Å². The van der Waals surface area contributed by atoms with Crippen molar-refractivity contribution in [3.8, 4) is 0 Å². The molecule has 0 saturated heterocycles. The molecule has 3 heteroatoms. The topological polar surface area (TPSA) is 38.3 Å². The normalized spacial score (nSPS) is 7.47. The van der Waals surface area contributed by atoms with Crippen molar-refractivity contribution in [3.63, 3.8) is 0 Å². The van der Waals surface area contributed by atoms with Crippen LogP contribution in [0.15, 0.2) is 12.7 Å². The Bertz CT molecular complexity index is 106. The number of nitrogens with one attached hydrogen (secondary N) is 1. The van der Waals surface area contributed by atoms with Crippen LogP contribution in [0.1, 0.15) is 40.0 Å². The van der Waals surface area contributed by atoms with E-state index in [1.807, 2.05) is 13.8 Å². The molecule has 15 heavy (non-hydrogen) atoms.